The fourth-order valence-electron chi connectivity index (χ4n) is 1.64. The van der Waals surface area contributed by atoms with E-state index in [4.69, 9.17) is 0 Å². The van der Waals surface area contributed by atoms with Gasteiger partial charge in [0.1, 0.15) is 5.41 Å². The van der Waals surface area contributed by atoms with Gasteiger partial charge in [0.2, 0.25) is 5.79 Å². The Balaban J connectivity index is 2.98. The molecular weight excluding hydrogens is 224 g/mol. The Bertz CT molecular complexity index is 361. The largest absolute Gasteiger partial charge is 0.468 e. The lowest BCUT2D eigenvalue weighted by molar-refractivity contribution is -0.178. The van der Waals surface area contributed by atoms with Crippen LogP contribution in [0.5, 0.6) is 0 Å². The van der Waals surface area contributed by atoms with Crippen LogP contribution in [0.3, 0.4) is 0 Å². The Morgan fingerprint density at radius 3 is 2.29 bits per heavy atom. The van der Waals surface area contributed by atoms with Gasteiger partial charge in [0.05, 0.1) is 7.11 Å². The first kappa shape index (κ1) is 13.6. The highest BCUT2D eigenvalue weighted by molar-refractivity contribution is 5.93. The molecule has 0 fully saturated rings. The summed E-state index contributed by atoms with van der Waals surface area (Å²) in [5.41, 5.74) is -1.23. The number of ketones is 1. The number of ether oxygens (including phenoxy) is 1. The summed E-state index contributed by atoms with van der Waals surface area (Å²) in [6, 6.07) is 0. The Labute approximate surface area is 99.4 Å². The first-order valence-corrected chi connectivity index (χ1v) is 5.24. The second-order valence-electron chi connectivity index (χ2n) is 4.19. The minimum atomic E-state index is -2.44. The van der Waals surface area contributed by atoms with E-state index in [9.17, 15) is 19.8 Å². The fourth-order valence-corrected chi connectivity index (χ4v) is 1.64. The van der Waals surface area contributed by atoms with Gasteiger partial charge in [-0.1, -0.05) is 24.3 Å². The molecule has 94 valence electrons. The summed E-state index contributed by atoms with van der Waals surface area (Å²) >= 11 is 0. The normalized spacial score (nSPS) is 17.9. The van der Waals surface area contributed by atoms with Gasteiger partial charge in [-0.25, -0.2) is 0 Å². The summed E-state index contributed by atoms with van der Waals surface area (Å²) in [7, 11) is 1.22. The third-order valence-corrected chi connectivity index (χ3v) is 2.65. The van der Waals surface area contributed by atoms with Crippen LogP contribution in [0.25, 0.3) is 0 Å². The molecule has 0 aromatic carbocycles. The van der Waals surface area contributed by atoms with Crippen molar-refractivity contribution in [2.45, 2.75) is 25.6 Å². The second kappa shape index (κ2) is 4.81. The van der Waals surface area contributed by atoms with Gasteiger partial charge in [-0.05, 0) is 13.3 Å². The minimum Gasteiger partial charge on any atom is -0.468 e. The molecule has 0 spiro atoms. The second-order valence-corrected chi connectivity index (χ2v) is 4.19. The van der Waals surface area contributed by atoms with Crippen LogP contribution in [0.2, 0.25) is 0 Å². The van der Waals surface area contributed by atoms with Gasteiger partial charge >= 0.3 is 5.97 Å². The number of carbonyl (C=O) groups excluding carboxylic acids is 2. The molecule has 5 nitrogen and oxygen atoms in total. The molecule has 0 atom stereocenters. The third-order valence-electron chi connectivity index (χ3n) is 2.65. The predicted molar refractivity (Wildman–Crippen MR) is 59.8 cm³/mol. The standard InChI is InChI=1S/C12H16O5/c1-11(15,16)9(13)8-12(10(14)17-2)6-4-3-5-7-12/h4-7,15-16H,3,8H2,1-2H3. The van der Waals surface area contributed by atoms with E-state index >= 15 is 0 Å². The maximum Gasteiger partial charge on any atom is 0.320 e. The number of hydrogen-bond acceptors (Lipinski definition) is 5. The smallest absolute Gasteiger partial charge is 0.320 e. The zero-order valence-electron chi connectivity index (χ0n) is 9.84. The molecule has 0 radical (unpaired) electrons. The van der Waals surface area contributed by atoms with Crippen LogP contribution < -0.4 is 0 Å². The Kier molecular flexibility index (Phi) is 3.85. The van der Waals surface area contributed by atoms with E-state index < -0.39 is 23.0 Å². The number of carbonyl (C=O) groups is 2. The van der Waals surface area contributed by atoms with Gasteiger partial charge in [0, 0.05) is 6.42 Å². The molecule has 0 heterocycles. The summed E-state index contributed by atoms with van der Waals surface area (Å²) in [6.45, 7) is 0.969. The number of allylic oxidation sites excluding steroid dienone is 2. The lowest BCUT2D eigenvalue weighted by Crippen LogP contribution is -2.41. The van der Waals surface area contributed by atoms with Crippen LogP contribution in [-0.4, -0.2) is 34.9 Å². The van der Waals surface area contributed by atoms with Crippen molar-refractivity contribution in [3.63, 3.8) is 0 Å². The van der Waals surface area contributed by atoms with Crippen molar-refractivity contribution in [1.82, 2.24) is 0 Å². The van der Waals surface area contributed by atoms with Gasteiger partial charge in [0.15, 0.2) is 5.78 Å². The number of aliphatic hydroxyl groups is 2. The highest BCUT2D eigenvalue weighted by Crippen LogP contribution is 2.32. The quantitative estimate of drug-likeness (QED) is 0.420. The van der Waals surface area contributed by atoms with Crippen LogP contribution >= 0.6 is 0 Å². The lowest BCUT2D eigenvalue weighted by atomic mass is 9.78. The van der Waals surface area contributed by atoms with Crippen molar-refractivity contribution in [2.75, 3.05) is 7.11 Å². The third kappa shape index (κ3) is 3.01. The SMILES string of the molecule is COC(=O)C1(CC(=O)C(C)(O)O)C=CCC=C1. The number of esters is 1. The number of hydrogen-bond donors (Lipinski definition) is 2. The van der Waals surface area contributed by atoms with Crippen molar-refractivity contribution >= 4 is 11.8 Å². The Hall–Kier alpha value is -1.46. The molecule has 0 saturated carbocycles. The average molecular weight is 240 g/mol. The van der Waals surface area contributed by atoms with Gasteiger partial charge in [-0.2, -0.15) is 0 Å². The van der Waals surface area contributed by atoms with Crippen LogP contribution in [0, 0.1) is 5.41 Å². The molecule has 0 amide bonds. The molecule has 17 heavy (non-hydrogen) atoms. The van der Waals surface area contributed by atoms with E-state index in [1.807, 2.05) is 0 Å². The van der Waals surface area contributed by atoms with E-state index in [0.29, 0.717) is 6.42 Å². The number of methoxy groups -OCH3 is 1. The maximum absolute atomic E-state index is 11.7. The molecule has 0 aromatic rings. The topological polar surface area (TPSA) is 83.8 Å². The van der Waals surface area contributed by atoms with Crippen molar-refractivity contribution < 1.29 is 24.5 Å². The van der Waals surface area contributed by atoms with Gasteiger partial charge in [-0.15, -0.1) is 0 Å². The molecule has 1 rings (SSSR count). The molecule has 0 bridgehead atoms. The van der Waals surface area contributed by atoms with Gasteiger partial charge in [0.25, 0.3) is 0 Å². The summed E-state index contributed by atoms with van der Waals surface area (Å²) in [5.74, 6) is -3.87. The number of Topliss-reactive ketones (excluding diaryl/α,β-unsaturated/α-hetero) is 1. The van der Waals surface area contributed by atoms with Crippen molar-refractivity contribution in [3.8, 4) is 0 Å². The fraction of sp³-hybridized carbons (Fsp3) is 0.500. The van der Waals surface area contributed by atoms with Crippen molar-refractivity contribution in [1.29, 1.82) is 0 Å². The van der Waals surface area contributed by atoms with Crippen LogP contribution in [0.15, 0.2) is 24.3 Å². The highest BCUT2D eigenvalue weighted by atomic mass is 16.5. The molecule has 0 aromatic heterocycles. The van der Waals surface area contributed by atoms with E-state index in [1.165, 1.54) is 7.11 Å². The molecular formula is C12H16O5. The highest BCUT2D eigenvalue weighted by Gasteiger charge is 2.41. The Morgan fingerprint density at radius 2 is 1.88 bits per heavy atom. The zero-order valence-corrected chi connectivity index (χ0v) is 9.84. The lowest BCUT2D eigenvalue weighted by Gasteiger charge is -2.27. The summed E-state index contributed by atoms with van der Waals surface area (Å²) in [4.78, 5) is 23.3. The van der Waals surface area contributed by atoms with E-state index in [0.717, 1.165) is 6.92 Å². The molecule has 5 heteroatoms. The summed E-state index contributed by atoms with van der Waals surface area (Å²) < 4.78 is 4.65. The van der Waals surface area contributed by atoms with E-state index in [-0.39, 0.29) is 6.42 Å². The van der Waals surface area contributed by atoms with Crippen LogP contribution in [0.4, 0.5) is 0 Å². The summed E-state index contributed by atoms with van der Waals surface area (Å²) in [5, 5.41) is 18.4. The molecule has 2 N–H and O–H groups in total. The number of rotatable bonds is 4. The van der Waals surface area contributed by atoms with Crippen LogP contribution in [0.1, 0.15) is 19.8 Å². The Morgan fingerprint density at radius 1 is 1.35 bits per heavy atom. The molecule has 1 aliphatic rings. The minimum absolute atomic E-state index is 0.337. The average Bonchev–Trinajstić information content (AvgIpc) is 2.27. The van der Waals surface area contributed by atoms with Gasteiger partial charge < -0.3 is 14.9 Å². The van der Waals surface area contributed by atoms with Crippen LogP contribution in [-0.2, 0) is 14.3 Å². The first-order chi connectivity index (χ1) is 7.82. The van der Waals surface area contributed by atoms with Crippen molar-refractivity contribution in [2.24, 2.45) is 5.41 Å². The molecule has 0 aliphatic heterocycles. The zero-order chi connectivity index (χ0) is 13.1. The van der Waals surface area contributed by atoms with Crippen molar-refractivity contribution in [3.05, 3.63) is 24.3 Å². The van der Waals surface area contributed by atoms with Gasteiger partial charge in [-0.3, -0.25) is 9.59 Å². The van der Waals surface area contributed by atoms with E-state index in [2.05, 4.69) is 4.74 Å². The van der Waals surface area contributed by atoms with E-state index in [1.54, 1.807) is 24.3 Å². The molecule has 0 saturated heterocycles. The first-order valence-electron chi connectivity index (χ1n) is 5.24. The molecule has 1 aliphatic carbocycles. The maximum atomic E-state index is 11.7. The monoisotopic (exact) mass is 240 g/mol. The molecule has 0 unspecified atom stereocenters. The summed E-state index contributed by atoms with van der Waals surface area (Å²) in [6.07, 6.45) is 6.91. The predicted octanol–water partition coefficient (Wildman–Crippen LogP) is 0.322.